The molecule has 2 aromatic rings. The average molecular weight is 275 g/mol. The van der Waals surface area contributed by atoms with Gasteiger partial charge in [0.2, 0.25) is 5.91 Å². The van der Waals surface area contributed by atoms with Gasteiger partial charge in [-0.3, -0.25) is 13.9 Å². The lowest BCUT2D eigenvalue weighted by molar-refractivity contribution is -0.122. The number of carbonyl (C=O) groups is 1. The molecule has 2 rings (SSSR count). The summed E-state index contributed by atoms with van der Waals surface area (Å²) in [6.45, 7) is 4.12. The number of nitrogens with one attached hydrogen (secondary N) is 1. The standard InChI is InChI=1S/C15H21N3O2/c1-4-7-11(2)16-14(19)10-18-13-9-6-5-8-12(13)17(3)15(18)20/h5-6,8-9,11H,4,7,10H2,1-3H3,(H,16,19). The van der Waals surface area contributed by atoms with Gasteiger partial charge < -0.3 is 5.32 Å². The Morgan fingerprint density at radius 1 is 1.30 bits per heavy atom. The third kappa shape index (κ3) is 2.76. The molecule has 0 spiro atoms. The van der Waals surface area contributed by atoms with Crippen molar-refractivity contribution in [3.05, 3.63) is 34.7 Å². The number of carbonyl (C=O) groups excluding carboxylic acids is 1. The molecule has 0 aliphatic carbocycles. The van der Waals surface area contributed by atoms with Crippen molar-refractivity contribution >= 4 is 16.9 Å². The van der Waals surface area contributed by atoms with E-state index in [-0.39, 0.29) is 24.2 Å². The summed E-state index contributed by atoms with van der Waals surface area (Å²) >= 11 is 0. The molecule has 0 saturated carbocycles. The topological polar surface area (TPSA) is 56.0 Å². The van der Waals surface area contributed by atoms with Crippen LogP contribution in [0.25, 0.3) is 11.0 Å². The maximum Gasteiger partial charge on any atom is 0.329 e. The Kier molecular flexibility index (Phi) is 4.27. The lowest BCUT2D eigenvalue weighted by Gasteiger charge is -2.12. The molecule has 1 N–H and O–H groups in total. The van der Waals surface area contributed by atoms with Gasteiger partial charge in [0, 0.05) is 13.1 Å². The van der Waals surface area contributed by atoms with Crippen molar-refractivity contribution in [3.8, 4) is 0 Å². The van der Waals surface area contributed by atoms with E-state index in [1.807, 2.05) is 31.2 Å². The number of amides is 1. The van der Waals surface area contributed by atoms with E-state index < -0.39 is 0 Å². The molecule has 0 bridgehead atoms. The molecule has 1 atom stereocenters. The van der Waals surface area contributed by atoms with E-state index in [2.05, 4.69) is 12.2 Å². The Labute approximate surface area is 118 Å². The summed E-state index contributed by atoms with van der Waals surface area (Å²) in [6.07, 6.45) is 1.96. The largest absolute Gasteiger partial charge is 0.352 e. The fraction of sp³-hybridized carbons (Fsp3) is 0.467. The first kappa shape index (κ1) is 14.4. The maximum atomic E-state index is 12.2. The third-order valence-corrected chi connectivity index (χ3v) is 3.48. The van der Waals surface area contributed by atoms with Crippen LogP contribution in [-0.2, 0) is 18.4 Å². The highest BCUT2D eigenvalue weighted by molar-refractivity contribution is 5.81. The van der Waals surface area contributed by atoms with E-state index in [9.17, 15) is 9.59 Å². The molecule has 1 heterocycles. The van der Waals surface area contributed by atoms with Crippen LogP contribution in [0.5, 0.6) is 0 Å². The first-order valence-corrected chi connectivity index (χ1v) is 6.98. The van der Waals surface area contributed by atoms with Crippen LogP contribution in [0.3, 0.4) is 0 Å². The normalized spacial score (nSPS) is 12.6. The number of benzene rings is 1. The van der Waals surface area contributed by atoms with E-state index in [4.69, 9.17) is 0 Å². The second-order valence-electron chi connectivity index (χ2n) is 5.17. The van der Waals surface area contributed by atoms with Gasteiger partial charge in [0.05, 0.1) is 11.0 Å². The summed E-state index contributed by atoms with van der Waals surface area (Å²) in [5.41, 5.74) is 1.47. The van der Waals surface area contributed by atoms with Crippen molar-refractivity contribution in [2.45, 2.75) is 39.3 Å². The number of nitrogens with zero attached hydrogens (tertiary/aromatic N) is 2. The van der Waals surface area contributed by atoms with Gasteiger partial charge in [-0.2, -0.15) is 0 Å². The highest BCUT2D eigenvalue weighted by Crippen LogP contribution is 2.11. The van der Waals surface area contributed by atoms with Crippen LogP contribution in [0.1, 0.15) is 26.7 Å². The zero-order chi connectivity index (χ0) is 14.7. The SMILES string of the molecule is CCCC(C)NC(=O)Cn1c(=O)n(C)c2ccccc21. The van der Waals surface area contributed by atoms with Crippen molar-refractivity contribution in [1.82, 2.24) is 14.5 Å². The Bertz CT molecular complexity index is 669. The number of aromatic nitrogens is 2. The maximum absolute atomic E-state index is 12.2. The number of hydrogen-bond acceptors (Lipinski definition) is 2. The third-order valence-electron chi connectivity index (χ3n) is 3.48. The molecule has 1 unspecified atom stereocenters. The fourth-order valence-corrected chi connectivity index (χ4v) is 2.49. The minimum Gasteiger partial charge on any atom is -0.352 e. The summed E-state index contributed by atoms with van der Waals surface area (Å²) in [5, 5.41) is 2.92. The lowest BCUT2D eigenvalue weighted by atomic mass is 10.2. The molecular formula is C15H21N3O2. The van der Waals surface area contributed by atoms with Gasteiger partial charge in [0.25, 0.3) is 0 Å². The summed E-state index contributed by atoms with van der Waals surface area (Å²) in [4.78, 5) is 24.2. The molecule has 1 aromatic heterocycles. The summed E-state index contributed by atoms with van der Waals surface area (Å²) in [6, 6.07) is 7.63. The smallest absolute Gasteiger partial charge is 0.329 e. The molecule has 108 valence electrons. The average Bonchev–Trinajstić information content (AvgIpc) is 2.65. The molecule has 0 aliphatic heterocycles. The van der Waals surface area contributed by atoms with E-state index in [1.165, 1.54) is 4.57 Å². The van der Waals surface area contributed by atoms with Gasteiger partial charge in [-0.15, -0.1) is 0 Å². The Morgan fingerprint density at radius 3 is 2.60 bits per heavy atom. The van der Waals surface area contributed by atoms with Crippen LogP contribution in [-0.4, -0.2) is 21.1 Å². The molecular weight excluding hydrogens is 254 g/mol. The highest BCUT2D eigenvalue weighted by Gasteiger charge is 2.14. The molecule has 0 fully saturated rings. The van der Waals surface area contributed by atoms with E-state index in [0.717, 1.165) is 23.9 Å². The fourth-order valence-electron chi connectivity index (χ4n) is 2.49. The number of aryl methyl sites for hydroxylation is 1. The highest BCUT2D eigenvalue weighted by atomic mass is 16.2. The van der Waals surface area contributed by atoms with E-state index in [0.29, 0.717) is 0 Å². The van der Waals surface area contributed by atoms with Gasteiger partial charge in [-0.25, -0.2) is 4.79 Å². The molecule has 5 heteroatoms. The molecule has 1 amide bonds. The first-order valence-electron chi connectivity index (χ1n) is 6.98. The number of fused-ring (bicyclic) bond motifs is 1. The van der Waals surface area contributed by atoms with Crippen LogP contribution in [0.4, 0.5) is 0 Å². The molecule has 20 heavy (non-hydrogen) atoms. The van der Waals surface area contributed by atoms with Crippen molar-refractivity contribution in [1.29, 1.82) is 0 Å². The zero-order valence-corrected chi connectivity index (χ0v) is 12.2. The molecule has 0 aliphatic rings. The summed E-state index contributed by atoms with van der Waals surface area (Å²) in [7, 11) is 1.72. The predicted molar refractivity (Wildman–Crippen MR) is 79.7 cm³/mol. The second-order valence-corrected chi connectivity index (χ2v) is 5.17. The minimum absolute atomic E-state index is 0.0637. The van der Waals surface area contributed by atoms with Crippen molar-refractivity contribution < 1.29 is 4.79 Å². The number of para-hydroxylation sites is 2. The number of imidazole rings is 1. The minimum atomic E-state index is -0.163. The molecule has 0 radical (unpaired) electrons. The second kappa shape index (κ2) is 5.94. The number of rotatable bonds is 5. The van der Waals surface area contributed by atoms with Crippen LogP contribution in [0.15, 0.2) is 29.1 Å². The first-order chi connectivity index (χ1) is 9.54. The lowest BCUT2D eigenvalue weighted by Crippen LogP contribution is -2.37. The predicted octanol–water partition coefficient (Wildman–Crippen LogP) is 1.64. The van der Waals surface area contributed by atoms with Crippen molar-refractivity contribution in [3.63, 3.8) is 0 Å². The van der Waals surface area contributed by atoms with Crippen LogP contribution in [0.2, 0.25) is 0 Å². The Hall–Kier alpha value is -2.04. The summed E-state index contributed by atoms with van der Waals surface area (Å²) < 4.78 is 3.08. The van der Waals surface area contributed by atoms with Crippen LogP contribution < -0.4 is 11.0 Å². The van der Waals surface area contributed by atoms with E-state index in [1.54, 1.807) is 11.6 Å². The van der Waals surface area contributed by atoms with Crippen LogP contribution in [0, 0.1) is 0 Å². The Morgan fingerprint density at radius 2 is 1.95 bits per heavy atom. The monoisotopic (exact) mass is 275 g/mol. The van der Waals surface area contributed by atoms with Crippen LogP contribution >= 0.6 is 0 Å². The van der Waals surface area contributed by atoms with Gasteiger partial charge in [-0.05, 0) is 25.5 Å². The van der Waals surface area contributed by atoms with Gasteiger partial charge in [0.1, 0.15) is 6.54 Å². The van der Waals surface area contributed by atoms with Gasteiger partial charge >= 0.3 is 5.69 Å². The zero-order valence-electron chi connectivity index (χ0n) is 12.2. The molecule has 0 saturated heterocycles. The Balaban J connectivity index is 2.24. The quantitative estimate of drug-likeness (QED) is 0.902. The van der Waals surface area contributed by atoms with Gasteiger partial charge in [-0.1, -0.05) is 25.5 Å². The van der Waals surface area contributed by atoms with Gasteiger partial charge in [0.15, 0.2) is 0 Å². The van der Waals surface area contributed by atoms with Crippen molar-refractivity contribution in [2.75, 3.05) is 0 Å². The number of hydrogen-bond donors (Lipinski definition) is 1. The molecule has 1 aromatic carbocycles. The molecule has 5 nitrogen and oxygen atoms in total. The summed E-state index contributed by atoms with van der Waals surface area (Å²) in [5.74, 6) is -0.121. The van der Waals surface area contributed by atoms with E-state index >= 15 is 0 Å². The van der Waals surface area contributed by atoms with Crippen molar-refractivity contribution in [2.24, 2.45) is 7.05 Å².